The molecule has 0 unspecified atom stereocenters. The minimum absolute atomic E-state index is 0.0878. The fraction of sp³-hybridized carbons (Fsp3) is 0.593. The van der Waals surface area contributed by atoms with Gasteiger partial charge in [0, 0.05) is 43.7 Å². The van der Waals surface area contributed by atoms with E-state index in [0.29, 0.717) is 38.2 Å². The largest absolute Gasteiger partial charge is 0.493 e. The lowest BCUT2D eigenvalue weighted by Crippen LogP contribution is -2.39. The Kier molecular flexibility index (Phi) is 9.07. The molecule has 2 aromatic rings. The Balaban J connectivity index is 1.19. The van der Waals surface area contributed by atoms with Crippen LogP contribution in [0.4, 0.5) is 14.7 Å². The van der Waals surface area contributed by atoms with E-state index in [2.05, 4.69) is 27.1 Å². The van der Waals surface area contributed by atoms with Crippen LogP contribution in [-0.2, 0) is 6.42 Å². The van der Waals surface area contributed by atoms with E-state index in [4.69, 9.17) is 4.74 Å². The molecule has 1 saturated heterocycles. The van der Waals surface area contributed by atoms with Gasteiger partial charge in [-0.15, -0.1) is 0 Å². The first kappa shape index (κ1) is 26.3. The van der Waals surface area contributed by atoms with Gasteiger partial charge in [-0.2, -0.15) is 0 Å². The summed E-state index contributed by atoms with van der Waals surface area (Å²) in [4.78, 5) is 23.6. The Bertz CT molecular complexity index is 982. The van der Waals surface area contributed by atoms with Gasteiger partial charge in [-0.3, -0.25) is 4.79 Å². The summed E-state index contributed by atoms with van der Waals surface area (Å²) in [5, 5.41) is 12.3. The number of carbonyl (C=O) groups excluding carboxylic acids is 1. The molecule has 196 valence electrons. The summed E-state index contributed by atoms with van der Waals surface area (Å²) < 4.78 is 34.7. The van der Waals surface area contributed by atoms with E-state index >= 15 is 0 Å². The van der Waals surface area contributed by atoms with Gasteiger partial charge in [0.05, 0.1) is 12.7 Å². The first-order valence-electron chi connectivity index (χ1n) is 13.1. The molecule has 7 nitrogen and oxygen atoms in total. The summed E-state index contributed by atoms with van der Waals surface area (Å²) in [6, 6.07) is 1.96. The van der Waals surface area contributed by atoms with Crippen LogP contribution >= 0.6 is 0 Å². The summed E-state index contributed by atoms with van der Waals surface area (Å²) >= 11 is 0. The number of aliphatic hydroxyl groups excluding tert-OH is 1. The van der Waals surface area contributed by atoms with Gasteiger partial charge in [-0.25, -0.2) is 18.7 Å². The van der Waals surface area contributed by atoms with E-state index < -0.39 is 23.1 Å². The molecule has 36 heavy (non-hydrogen) atoms. The number of nitrogens with one attached hydrogen (secondary N) is 1. The third-order valence-electron chi connectivity index (χ3n) is 7.30. The number of aryl methyl sites for hydroxylation is 1. The summed E-state index contributed by atoms with van der Waals surface area (Å²) in [5.41, 5.74) is 0.542. The normalized spacial score (nSPS) is 20.8. The monoisotopic (exact) mass is 502 g/mol. The number of piperidine rings is 1. The maximum Gasteiger partial charge on any atom is 0.257 e. The van der Waals surface area contributed by atoms with Crippen molar-refractivity contribution in [3.05, 3.63) is 47.3 Å². The maximum atomic E-state index is 14.6. The number of carbonyl (C=O) groups is 1. The molecular weight excluding hydrogens is 466 g/mol. The van der Waals surface area contributed by atoms with E-state index in [-0.39, 0.29) is 17.9 Å². The predicted molar refractivity (Wildman–Crippen MR) is 133 cm³/mol. The lowest BCUT2D eigenvalue weighted by molar-refractivity contribution is 0.0860. The molecule has 2 heterocycles. The molecule has 2 aliphatic rings. The van der Waals surface area contributed by atoms with Gasteiger partial charge >= 0.3 is 0 Å². The molecule has 1 aromatic carbocycles. The quantitative estimate of drug-likeness (QED) is 0.494. The first-order valence-corrected chi connectivity index (χ1v) is 13.1. The van der Waals surface area contributed by atoms with Gasteiger partial charge in [0.2, 0.25) is 5.95 Å². The van der Waals surface area contributed by atoms with Gasteiger partial charge in [0.1, 0.15) is 22.9 Å². The minimum atomic E-state index is -0.931. The number of anilines is 1. The third kappa shape index (κ3) is 6.90. The van der Waals surface area contributed by atoms with Crippen molar-refractivity contribution in [1.82, 2.24) is 15.3 Å². The average molecular weight is 503 g/mol. The SMILES string of the molecule is CCc1cnc(N2CCC(CCCOc3cc(F)c(C(=O)NC4CCC(O)CC4)c(F)c3)CC2)nc1. The smallest absolute Gasteiger partial charge is 0.257 e. The number of halogens is 2. The molecule has 2 N–H and O–H groups in total. The van der Waals surface area contributed by atoms with Crippen LogP contribution in [-0.4, -0.2) is 52.8 Å². The molecule has 0 atom stereocenters. The van der Waals surface area contributed by atoms with E-state index in [9.17, 15) is 18.7 Å². The Labute approximate surface area is 211 Å². The van der Waals surface area contributed by atoms with Crippen molar-refractivity contribution < 1.29 is 23.4 Å². The third-order valence-corrected chi connectivity index (χ3v) is 7.30. The van der Waals surface area contributed by atoms with E-state index in [1.165, 1.54) is 0 Å². The highest BCUT2D eigenvalue weighted by atomic mass is 19.1. The zero-order valence-electron chi connectivity index (χ0n) is 20.9. The molecule has 2 fully saturated rings. The Morgan fingerprint density at radius 2 is 1.72 bits per heavy atom. The first-order chi connectivity index (χ1) is 17.4. The second-order valence-corrected chi connectivity index (χ2v) is 9.91. The number of amides is 1. The molecule has 1 aliphatic heterocycles. The highest BCUT2D eigenvalue weighted by molar-refractivity contribution is 5.95. The Morgan fingerprint density at radius 1 is 1.08 bits per heavy atom. The van der Waals surface area contributed by atoms with Crippen molar-refractivity contribution in [2.24, 2.45) is 5.92 Å². The number of aromatic nitrogens is 2. The van der Waals surface area contributed by atoms with Gasteiger partial charge in [0.25, 0.3) is 5.91 Å². The standard InChI is InChI=1S/C27H36F2N4O3/c1-2-18-16-30-27(31-17-18)33-11-9-19(10-12-33)4-3-13-36-22-14-23(28)25(24(29)15-22)26(35)32-20-5-7-21(34)8-6-20/h14-17,19-21,34H,2-13H2,1H3,(H,32,35). The summed E-state index contributed by atoms with van der Waals surface area (Å²) in [6.45, 7) is 4.27. The highest BCUT2D eigenvalue weighted by Crippen LogP contribution is 2.26. The number of benzene rings is 1. The molecule has 1 amide bonds. The number of hydrogen-bond acceptors (Lipinski definition) is 6. The summed E-state index contributed by atoms with van der Waals surface area (Å²) in [7, 11) is 0. The number of rotatable bonds is 9. The zero-order valence-corrected chi connectivity index (χ0v) is 20.9. The molecule has 1 aromatic heterocycles. The van der Waals surface area contributed by atoms with E-state index in [0.717, 1.165) is 68.8 Å². The zero-order chi connectivity index (χ0) is 25.5. The van der Waals surface area contributed by atoms with Crippen LogP contribution in [0.2, 0.25) is 0 Å². The molecule has 0 bridgehead atoms. The number of hydrogen-bond donors (Lipinski definition) is 2. The van der Waals surface area contributed by atoms with Gasteiger partial charge in [-0.1, -0.05) is 6.92 Å². The summed E-state index contributed by atoms with van der Waals surface area (Å²) in [6.07, 6.45) is 10.5. The molecule has 0 radical (unpaired) electrons. The lowest BCUT2D eigenvalue weighted by Gasteiger charge is -2.32. The van der Waals surface area contributed by atoms with Gasteiger partial charge in [0.15, 0.2) is 0 Å². The van der Waals surface area contributed by atoms with Crippen molar-refractivity contribution in [2.45, 2.75) is 76.9 Å². The second kappa shape index (κ2) is 12.4. The van der Waals surface area contributed by atoms with Crippen molar-refractivity contribution >= 4 is 11.9 Å². The molecular formula is C27H36F2N4O3. The number of ether oxygens (including phenoxy) is 1. The van der Waals surface area contributed by atoms with Gasteiger partial charge in [-0.05, 0) is 69.3 Å². The highest BCUT2D eigenvalue weighted by Gasteiger charge is 2.25. The Hall–Kier alpha value is -2.81. The molecule has 9 heteroatoms. The minimum Gasteiger partial charge on any atom is -0.493 e. The fourth-order valence-electron chi connectivity index (χ4n) is 5.01. The van der Waals surface area contributed by atoms with Crippen LogP contribution < -0.4 is 15.0 Å². The van der Waals surface area contributed by atoms with Crippen molar-refractivity contribution in [2.75, 3.05) is 24.6 Å². The van der Waals surface area contributed by atoms with Crippen molar-refractivity contribution in [3.8, 4) is 5.75 Å². The average Bonchev–Trinajstić information content (AvgIpc) is 2.88. The predicted octanol–water partition coefficient (Wildman–Crippen LogP) is 4.43. The molecule has 1 saturated carbocycles. The Morgan fingerprint density at radius 3 is 2.33 bits per heavy atom. The van der Waals surface area contributed by atoms with Gasteiger partial charge < -0.3 is 20.1 Å². The van der Waals surface area contributed by atoms with E-state index in [1.54, 1.807) is 0 Å². The lowest BCUT2D eigenvalue weighted by atomic mass is 9.92. The maximum absolute atomic E-state index is 14.6. The second-order valence-electron chi connectivity index (χ2n) is 9.91. The van der Waals surface area contributed by atoms with Crippen LogP contribution in [0.5, 0.6) is 5.75 Å². The van der Waals surface area contributed by atoms with Crippen LogP contribution in [0.1, 0.15) is 74.2 Å². The fourth-order valence-corrected chi connectivity index (χ4v) is 5.01. The molecule has 1 aliphatic carbocycles. The van der Waals surface area contributed by atoms with Crippen LogP contribution in [0.25, 0.3) is 0 Å². The van der Waals surface area contributed by atoms with Crippen molar-refractivity contribution in [3.63, 3.8) is 0 Å². The summed E-state index contributed by atoms with van der Waals surface area (Å²) in [5.74, 6) is -1.19. The van der Waals surface area contributed by atoms with Crippen LogP contribution in [0.3, 0.4) is 0 Å². The molecule has 0 spiro atoms. The van der Waals surface area contributed by atoms with Crippen molar-refractivity contribution in [1.29, 1.82) is 0 Å². The van der Waals surface area contributed by atoms with Crippen LogP contribution in [0, 0.1) is 17.6 Å². The van der Waals surface area contributed by atoms with Crippen LogP contribution in [0.15, 0.2) is 24.5 Å². The van der Waals surface area contributed by atoms with E-state index in [1.807, 2.05) is 12.4 Å². The topological polar surface area (TPSA) is 87.6 Å². The number of nitrogens with zero attached hydrogens (tertiary/aromatic N) is 3. The molecule has 4 rings (SSSR count). The number of aliphatic hydroxyl groups is 1.